The molecule has 1 unspecified atom stereocenters. The molecule has 1 rings (SSSR count). The highest BCUT2D eigenvalue weighted by Crippen LogP contribution is 2.23. The van der Waals surface area contributed by atoms with E-state index in [-0.39, 0.29) is 5.69 Å². The fraction of sp³-hybridized carbons (Fsp3) is 0. The molecule has 0 fully saturated rings. The molecule has 0 saturated heterocycles. The molecular formula is C6H7N2O2P. The van der Waals surface area contributed by atoms with Gasteiger partial charge in [-0.1, -0.05) is 12.1 Å². The Labute approximate surface area is 66.0 Å². The van der Waals surface area contributed by atoms with Gasteiger partial charge in [-0.25, -0.2) is 0 Å². The van der Waals surface area contributed by atoms with Crippen molar-refractivity contribution < 1.29 is 4.92 Å². The number of hydrogen-bond donors (Lipinski definition) is 1. The van der Waals surface area contributed by atoms with E-state index in [4.69, 9.17) is 0 Å². The Kier molecular flexibility index (Phi) is 2.39. The van der Waals surface area contributed by atoms with Crippen LogP contribution in [0.3, 0.4) is 0 Å². The summed E-state index contributed by atoms with van der Waals surface area (Å²) in [5.74, 6) is 0. The summed E-state index contributed by atoms with van der Waals surface area (Å²) in [5, 5.41) is 13.0. The molecule has 0 bridgehead atoms. The van der Waals surface area contributed by atoms with Crippen molar-refractivity contribution in [3.63, 3.8) is 0 Å². The van der Waals surface area contributed by atoms with Gasteiger partial charge in [-0.2, -0.15) is 0 Å². The molecule has 0 aliphatic rings. The van der Waals surface area contributed by atoms with Gasteiger partial charge in [0, 0.05) is 6.07 Å². The average molecular weight is 170 g/mol. The van der Waals surface area contributed by atoms with Crippen molar-refractivity contribution >= 4 is 20.8 Å². The Morgan fingerprint density at radius 2 is 2.09 bits per heavy atom. The molecule has 0 saturated carbocycles. The third-order valence-electron chi connectivity index (χ3n) is 1.26. The molecule has 4 nitrogen and oxygen atoms in total. The van der Waals surface area contributed by atoms with E-state index in [0.717, 1.165) is 0 Å². The maximum Gasteiger partial charge on any atom is 0.292 e. The molecule has 0 aliphatic heterocycles. The van der Waals surface area contributed by atoms with Crippen molar-refractivity contribution in [3.8, 4) is 0 Å². The van der Waals surface area contributed by atoms with Crippen LogP contribution in [0.1, 0.15) is 0 Å². The van der Waals surface area contributed by atoms with Gasteiger partial charge in [-0.05, 0) is 15.5 Å². The van der Waals surface area contributed by atoms with Gasteiger partial charge >= 0.3 is 0 Å². The average Bonchev–Trinajstić information content (AvgIpc) is 2.04. The molecule has 0 aliphatic carbocycles. The van der Waals surface area contributed by atoms with E-state index < -0.39 is 4.92 Å². The highest BCUT2D eigenvalue weighted by molar-refractivity contribution is 7.18. The van der Waals surface area contributed by atoms with Crippen LogP contribution >= 0.6 is 9.39 Å². The number of rotatable bonds is 2. The van der Waals surface area contributed by atoms with Gasteiger partial charge in [-0.15, -0.1) is 0 Å². The van der Waals surface area contributed by atoms with Gasteiger partial charge in [-0.3, -0.25) is 10.1 Å². The molecule has 0 heterocycles. The highest BCUT2D eigenvalue weighted by atomic mass is 31.0. The van der Waals surface area contributed by atoms with Gasteiger partial charge in [0.2, 0.25) is 0 Å². The maximum absolute atomic E-state index is 10.3. The minimum Gasteiger partial charge on any atom is -0.364 e. The van der Waals surface area contributed by atoms with Crippen LogP contribution in [-0.4, -0.2) is 4.92 Å². The van der Waals surface area contributed by atoms with Crippen LogP contribution in [0.15, 0.2) is 24.3 Å². The van der Waals surface area contributed by atoms with E-state index in [1.165, 1.54) is 6.07 Å². The molecule has 11 heavy (non-hydrogen) atoms. The summed E-state index contributed by atoms with van der Waals surface area (Å²) in [5.41, 5.74) is 0.588. The topological polar surface area (TPSA) is 55.2 Å². The summed E-state index contributed by atoms with van der Waals surface area (Å²) in [7, 11) is 2.22. The second-order valence-corrected chi connectivity index (χ2v) is 2.21. The SMILES string of the molecule is O=[N+]([O-])c1ccccc1NP. The van der Waals surface area contributed by atoms with Gasteiger partial charge in [0.05, 0.1) is 4.92 Å². The fourth-order valence-electron chi connectivity index (χ4n) is 0.755. The minimum atomic E-state index is -0.424. The molecule has 1 atom stereocenters. The molecule has 0 aromatic heterocycles. The summed E-state index contributed by atoms with van der Waals surface area (Å²) < 4.78 is 0. The molecule has 1 aromatic carbocycles. The standard InChI is InChI=1S/C6H7N2O2P/c9-8(10)6-4-2-1-3-5(6)7-11/h1-4,7H,11H2. The first-order chi connectivity index (χ1) is 5.25. The second kappa shape index (κ2) is 3.30. The lowest BCUT2D eigenvalue weighted by molar-refractivity contribution is -0.383. The number of nitro benzene ring substituents is 1. The van der Waals surface area contributed by atoms with Gasteiger partial charge in [0.1, 0.15) is 5.69 Å². The summed E-state index contributed by atoms with van der Waals surface area (Å²) in [6.45, 7) is 0. The zero-order valence-corrected chi connectivity index (χ0v) is 6.81. The maximum atomic E-state index is 10.3. The van der Waals surface area contributed by atoms with Crippen molar-refractivity contribution in [2.75, 3.05) is 5.09 Å². The van der Waals surface area contributed by atoms with Crippen LogP contribution in [0, 0.1) is 10.1 Å². The monoisotopic (exact) mass is 170 g/mol. The van der Waals surface area contributed by atoms with E-state index in [9.17, 15) is 10.1 Å². The van der Waals surface area contributed by atoms with Gasteiger partial charge in [0.15, 0.2) is 0 Å². The van der Waals surface area contributed by atoms with Crippen molar-refractivity contribution in [2.24, 2.45) is 0 Å². The number of para-hydroxylation sites is 2. The van der Waals surface area contributed by atoms with E-state index in [2.05, 4.69) is 14.5 Å². The number of benzene rings is 1. The normalized spacial score (nSPS) is 9.18. The van der Waals surface area contributed by atoms with Crippen LogP contribution in [0.2, 0.25) is 0 Å². The zero-order chi connectivity index (χ0) is 8.27. The smallest absolute Gasteiger partial charge is 0.292 e. The van der Waals surface area contributed by atoms with Crippen LogP contribution in [0.25, 0.3) is 0 Å². The first-order valence-electron chi connectivity index (χ1n) is 2.95. The lowest BCUT2D eigenvalue weighted by Crippen LogP contribution is -1.91. The molecule has 0 radical (unpaired) electrons. The third-order valence-corrected chi connectivity index (χ3v) is 1.57. The Bertz CT molecular complexity index is 277. The molecule has 1 aromatic rings. The van der Waals surface area contributed by atoms with E-state index in [0.29, 0.717) is 5.69 Å². The number of nitrogens with one attached hydrogen (secondary N) is 1. The predicted molar refractivity (Wildman–Crippen MR) is 46.4 cm³/mol. The highest BCUT2D eigenvalue weighted by Gasteiger charge is 2.09. The zero-order valence-electron chi connectivity index (χ0n) is 5.65. The van der Waals surface area contributed by atoms with Crippen molar-refractivity contribution in [1.29, 1.82) is 0 Å². The fourth-order valence-corrected chi connectivity index (χ4v) is 0.999. The lowest BCUT2D eigenvalue weighted by Gasteiger charge is -1.98. The van der Waals surface area contributed by atoms with Crippen LogP contribution in [0.5, 0.6) is 0 Å². The number of hydrogen-bond acceptors (Lipinski definition) is 3. The molecule has 0 spiro atoms. The Morgan fingerprint density at radius 1 is 1.45 bits per heavy atom. The van der Waals surface area contributed by atoms with Crippen molar-refractivity contribution in [2.45, 2.75) is 0 Å². The molecule has 0 amide bonds. The van der Waals surface area contributed by atoms with E-state index in [1.807, 2.05) is 0 Å². The van der Waals surface area contributed by atoms with Crippen LogP contribution in [-0.2, 0) is 0 Å². The number of nitrogens with zero attached hydrogens (tertiary/aromatic N) is 1. The van der Waals surface area contributed by atoms with Gasteiger partial charge < -0.3 is 5.09 Å². The largest absolute Gasteiger partial charge is 0.364 e. The van der Waals surface area contributed by atoms with E-state index in [1.54, 1.807) is 18.2 Å². The summed E-state index contributed by atoms with van der Waals surface area (Å²) >= 11 is 0. The first-order valence-corrected chi connectivity index (χ1v) is 3.53. The van der Waals surface area contributed by atoms with Crippen LogP contribution < -0.4 is 5.09 Å². The Morgan fingerprint density at radius 3 is 2.55 bits per heavy atom. The predicted octanol–water partition coefficient (Wildman–Crippen LogP) is 1.80. The molecular weight excluding hydrogens is 163 g/mol. The lowest BCUT2D eigenvalue weighted by atomic mass is 10.3. The Balaban J connectivity index is 3.12. The summed E-state index contributed by atoms with van der Waals surface area (Å²) in [6.07, 6.45) is 0. The number of anilines is 1. The summed E-state index contributed by atoms with van der Waals surface area (Å²) in [4.78, 5) is 9.91. The quantitative estimate of drug-likeness (QED) is 0.418. The third kappa shape index (κ3) is 1.65. The Hall–Kier alpha value is -1.15. The number of nitro groups is 1. The van der Waals surface area contributed by atoms with Crippen LogP contribution in [0.4, 0.5) is 11.4 Å². The van der Waals surface area contributed by atoms with Crippen molar-refractivity contribution in [1.82, 2.24) is 0 Å². The molecule has 5 heteroatoms. The molecule has 1 N–H and O–H groups in total. The van der Waals surface area contributed by atoms with Gasteiger partial charge in [0.25, 0.3) is 5.69 Å². The minimum absolute atomic E-state index is 0.0856. The first kappa shape index (κ1) is 7.95. The van der Waals surface area contributed by atoms with Crippen molar-refractivity contribution in [3.05, 3.63) is 34.4 Å². The summed E-state index contributed by atoms with van der Waals surface area (Å²) in [6, 6.07) is 6.46. The second-order valence-electron chi connectivity index (χ2n) is 1.92. The molecule has 58 valence electrons. The van der Waals surface area contributed by atoms with E-state index >= 15 is 0 Å².